The van der Waals surface area contributed by atoms with E-state index in [1.807, 2.05) is 43.7 Å². The summed E-state index contributed by atoms with van der Waals surface area (Å²) in [6, 6.07) is 9.14. The maximum atomic E-state index is 7.53. The summed E-state index contributed by atoms with van der Waals surface area (Å²) in [5.41, 5.74) is 3.95. The Morgan fingerprint density at radius 2 is 1.95 bits per heavy atom. The smallest absolute Gasteiger partial charge is 0.227 e. The topological polar surface area (TPSA) is 43.9 Å². The van der Waals surface area contributed by atoms with E-state index in [2.05, 4.69) is 9.97 Å². The van der Waals surface area contributed by atoms with Crippen LogP contribution < -0.4 is 0 Å². The number of nitrogens with zero attached hydrogens (tertiary/aromatic N) is 3. The Bertz CT molecular complexity index is 1120. The zero-order valence-electron chi connectivity index (χ0n) is 15.6. The zero-order chi connectivity index (χ0) is 17.9. The number of aryl methyl sites for hydroxylation is 2. The van der Waals surface area contributed by atoms with Gasteiger partial charge in [-0.3, -0.25) is 0 Å². The number of imidazole rings is 1. The molecule has 0 atom stereocenters. The van der Waals surface area contributed by atoms with Crippen LogP contribution in [0.15, 0.2) is 34.7 Å². The van der Waals surface area contributed by atoms with Gasteiger partial charge in [-0.2, -0.15) is 0 Å². The Balaban J connectivity index is 2.02. The average Bonchev–Trinajstić information content (AvgIpc) is 3.06. The molecule has 3 heterocycles. The number of rotatable bonds is 1. The van der Waals surface area contributed by atoms with Crippen LogP contribution in [-0.2, 0) is 7.05 Å². The molecule has 4 nitrogen and oxygen atoms in total. The number of aromatic nitrogens is 3. The minimum absolute atomic E-state index is 0.0317. The van der Waals surface area contributed by atoms with Gasteiger partial charge in [0.15, 0.2) is 0 Å². The van der Waals surface area contributed by atoms with Crippen molar-refractivity contribution in [2.75, 3.05) is 0 Å². The molecule has 0 unspecified atom stereocenters. The number of hydrogen-bond donors (Lipinski definition) is 0. The standard InChI is InChI=1S/C18H17N3O/c1-10-8-9-14-13-6-5-7-15(16(13)22-18(14)19-10)17-20-11(2)12(3)21(17)4/h5-9H,1-4H3/i1D3. The van der Waals surface area contributed by atoms with E-state index in [0.717, 1.165) is 33.5 Å². The molecular weight excluding hydrogens is 274 g/mol. The van der Waals surface area contributed by atoms with Crippen molar-refractivity contribution in [2.45, 2.75) is 20.7 Å². The SMILES string of the molecule is [2H]C([2H])([2H])c1ccc2c(n1)oc1c(-c3nc(C)c(C)n3C)cccc12. The number of pyridine rings is 1. The normalized spacial score (nSPS) is 14.2. The second kappa shape index (κ2) is 4.44. The molecule has 4 heteroatoms. The third kappa shape index (κ3) is 1.70. The average molecular weight is 294 g/mol. The largest absolute Gasteiger partial charge is 0.437 e. The number of benzene rings is 1. The minimum atomic E-state index is -2.26. The third-order valence-electron chi connectivity index (χ3n) is 4.22. The molecule has 0 aliphatic heterocycles. The van der Waals surface area contributed by atoms with E-state index in [1.165, 1.54) is 6.07 Å². The first-order chi connectivity index (χ1) is 11.8. The molecule has 0 radical (unpaired) electrons. The van der Waals surface area contributed by atoms with Gasteiger partial charge in [-0.15, -0.1) is 0 Å². The van der Waals surface area contributed by atoms with Crippen LogP contribution in [0, 0.1) is 20.7 Å². The lowest BCUT2D eigenvalue weighted by molar-refractivity contribution is 0.653. The second-order valence-electron chi connectivity index (χ2n) is 5.50. The van der Waals surface area contributed by atoms with Gasteiger partial charge in [0.2, 0.25) is 5.71 Å². The highest BCUT2D eigenvalue weighted by Crippen LogP contribution is 2.35. The number of para-hydroxylation sites is 1. The van der Waals surface area contributed by atoms with Gasteiger partial charge >= 0.3 is 0 Å². The summed E-state index contributed by atoms with van der Waals surface area (Å²) in [5.74, 6) is 0.815. The lowest BCUT2D eigenvalue weighted by atomic mass is 10.1. The first kappa shape index (κ1) is 10.2. The Hall–Kier alpha value is -2.62. The molecule has 0 spiro atoms. The molecule has 0 saturated carbocycles. The Kier molecular flexibility index (Phi) is 2.05. The quantitative estimate of drug-likeness (QED) is 0.525. The van der Waals surface area contributed by atoms with Gasteiger partial charge in [0.25, 0.3) is 0 Å². The molecule has 4 aromatic rings. The van der Waals surface area contributed by atoms with E-state index >= 15 is 0 Å². The van der Waals surface area contributed by atoms with Crippen LogP contribution in [0.5, 0.6) is 0 Å². The number of hydrogen-bond acceptors (Lipinski definition) is 3. The maximum Gasteiger partial charge on any atom is 0.227 e. The maximum absolute atomic E-state index is 7.53. The summed E-state index contributed by atoms with van der Waals surface area (Å²) in [4.78, 5) is 8.86. The molecule has 0 aliphatic rings. The Morgan fingerprint density at radius 3 is 2.68 bits per heavy atom. The molecule has 4 rings (SSSR count). The van der Waals surface area contributed by atoms with E-state index in [-0.39, 0.29) is 5.69 Å². The summed E-state index contributed by atoms with van der Waals surface area (Å²) in [6.45, 7) is 1.74. The first-order valence-electron chi connectivity index (χ1n) is 8.60. The van der Waals surface area contributed by atoms with E-state index in [0.29, 0.717) is 11.3 Å². The van der Waals surface area contributed by atoms with Crippen molar-refractivity contribution in [3.05, 3.63) is 47.4 Å². The van der Waals surface area contributed by atoms with Gasteiger partial charge in [-0.05, 0) is 38.9 Å². The summed E-state index contributed by atoms with van der Waals surface area (Å²) < 4.78 is 30.6. The number of fused-ring (bicyclic) bond motifs is 3. The van der Waals surface area contributed by atoms with Gasteiger partial charge < -0.3 is 8.98 Å². The summed E-state index contributed by atoms with van der Waals surface area (Å²) in [7, 11) is 1.97. The number of furan rings is 1. The van der Waals surface area contributed by atoms with Gasteiger partial charge in [0.05, 0.1) is 11.3 Å². The fraction of sp³-hybridized carbons (Fsp3) is 0.222. The van der Waals surface area contributed by atoms with Crippen molar-refractivity contribution >= 4 is 22.1 Å². The minimum Gasteiger partial charge on any atom is -0.437 e. The predicted octanol–water partition coefficient (Wildman–Crippen LogP) is 4.31. The van der Waals surface area contributed by atoms with Crippen LogP contribution in [0.25, 0.3) is 33.5 Å². The van der Waals surface area contributed by atoms with E-state index in [9.17, 15) is 0 Å². The van der Waals surface area contributed by atoms with E-state index < -0.39 is 6.85 Å². The highest BCUT2D eigenvalue weighted by molar-refractivity contribution is 6.08. The molecule has 0 bridgehead atoms. The molecule has 1 aromatic carbocycles. The molecule has 110 valence electrons. The van der Waals surface area contributed by atoms with Crippen molar-refractivity contribution < 1.29 is 8.53 Å². The zero-order valence-corrected chi connectivity index (χ0v) is 12.6. The molecule has 0 amide bonds. The molecule has 0 N–H and O–H groups in total. The second-order valence-corrected chi connectivity index (χ2v) is 5.50. The summed E-state index contributed by atoms with van der Waals surface area (Å²) in [5, 5.41) is 1.70. The predicted molar refractivity (Wildman–Crippen MR) is 87.9 cm³/mol. The van der Waals surface area contributed by atoms with Crippen molar-refractivity contribution in [2.24, 2.45) is 7.05 Å². The fourth-order valence-electron chi connectivity index (χ4n) is 2.81. The monoisotopic (exact) mass is 294 g/mol. The summed E-state index contributed by atoms with van der Waals surface area (Å²) in [6.07, 6.45) is 0. The van der Waals surface area contributed by atoms with Gasteiger partial charge in [-0.25, -0.2) is 9.97 Å². The Morgan fingerprint density at radius 1 is 1.09 bits per heavy atom. The molecule has 3 aromatic heterocycles. The fourth-order valence-corrected chi connectivity index (χ4v) is 2.81. The molecule has 0 fully saturated rings. The van der Waals surface area contributed by atoms with Crippen LogP contribution in [0.1, 0.15) is 21.2 Å². The van der Waals surface area contributed by atoms with Crippen molar-refractivity contribution in [3.8, 4) is 11.4 Å². The lowest BCUT2D eigenvalue weighted by Crippen LogP contribution is -1.95. The van der Waals surface area contributed by atoms with E-state index in [1.54, 1.807) is 6.07 Å². The highest BCUT2D eigenvalue weighted by atomic mass is 16.3. The molecule has 0 aliphatic carbocycles. The third-order valence-corrected chi connectivity index (χ3v) is 4.22. The molecule has 0 saturated heterocycles. The van der Waals surface area contributed by atoms with Gasteiger partial charge in [0.1, 0.15) is 11.4 Å². The Labute approximate surface area is 132 Å². The first-order valence-corrected chi connectivity index (χ1v) is 7.10. The highest BCUT2D eigenvalue weighted by Gasteiger charge is 2.17. The van der Waals surface area contributed by atoms with Crippen LogP contribution >= 0.6 is 0 Å². The molecular formula is C18H17N3O. The van der Waals surface area contributed by atoms with Crippen LogP contribution in [0.2, 0.25) is 0 Å². The lowest BCUT2D eigenvalue weighted by Gasteiger charge is -2.03. The van der Waals surface area contributed by atoms with Crippen molar-refractivity contribution in [1.29, 1.82) is 0 Å². The van der Waals surface area contributed by atoms with E-state index in [4.69, 9.17) is 8.53 Å². The van der Waals surface area contributed by atoms with Gasteiger partial charge in [0, 0.05) is 33.3 Å². The van der Waals surface area contributed by atoms with Gasteiger partial charge in [-0.1, -0.05) is 12.1 Å². The summed E-state index contributed by atoms with van der Waals surface area (Å²) >= 11 is 0. The van der Waals surface area contributed by atoms with Crippen molar-refractivity contribution in [1.82, 2.24) is 14.5 Å². The van der Waals surface area contributed by atoms with Crippen LogP contribution in [0.3, 0.4) is 0 Å². The van der Waals surface area contributed by atoms with Crippen LogP contribution in [0.4, 0.5) is 0 Å². The van der Waals surface area contributed by atoms with Crippen LogP contribution in [-0.4, -0.2) is 14.5 Å². The van der Waals surface area contributed by atoms with Crippen molar-refractivity contribution in [3.63, 3.8) is 0 Å². The molecule has 22 heavy (non-hydrogen) atoms.